The fraction of sp³-hybridized carbons (Fsp3) is 0.733. The minimum Gasteiger partial charge on any atom is -0.313 e. The molecule has 104 valence electrons. The van der Waals surface area contributed by atoms with E-state index in [9.17, 15) is 0 Å². The standard InChI is InChI=1S/C15H28N2S/c1-5-8-14(11-16-13(3)4)17(6-2)12-15-9-7-10-18-15/h7,9-10,13-14,16H,5-6,8,11-12H2,1-4H3. The molecular formula is C15H28N2S. The number of thiophene rings is 1. The molecule has 1 N–H and O–H groups in total. The Kier molecular flexibility index (Phi) is 7.56. The number of nitrogens with zero attached hydrogens (tertiary/aromatic N) is 1. The highest BCUT2D eigenvalue weighted by Gasteiger charge is 2.17. The zero-order valence-corrected chi connectivity index (χ0v) is 13.1. The molecule has 1 atom stereocenters. The van der Waals surface area contributed by atoms with E-state index in [1.807, 2.05) is 11.3 Å². The maximum absolute atomic E-state index is 3.59. The Bertz CT molecular complexity index is 295. The lowest BCUT2D eigenvalue weighted by molar-refractivity contribution is 0.181. The molecule has 0 aliphatic carbocycles. The maximum atomic E-state index is 3.59. The molecule has 0 radical (unpaired) electrons. The molecule has 1 unspecified atom stereocenters. The van der Waals surface area contributed by atoms with Gasteiger partial charge in [-0.1, -0.05) is 40.2 Å². The van der Waals surface area contributed by atoms with Gasteiger partial charge in [-0.05, 0) is 24.4 Å². The van der Waals surface area contributed by atoms with Crippen LogP contribution in [0.4, 0.5) is 0 Å². The third kappa shape index (κ3) is 5.51. The minimum atomic E-state index is 0.574. The lowest BCUT2D eigenvalue weighted by Crippen LogP contribution is -2.43. The molecule has 1 rings (SSSR count). The number of rotatable bonds is 9. The van der Waals surface area contributed by atoms with Crippen LogP contribution in [0.5, 0.6) is 0 Å². The predicted octanol–water partition coefficient (Wildman–Crippen LogP) is 3.74. The molecule has 0 amide bonds. The summed E-state index contributed by atoms with van der Waals surface area (Å²) in [6.07, 6.45) is 2.53. The highest BCUT2D eigenvalue weighted by molar-refractivity contribution is 7.09. The number of nitrogens with one attached hydrogen (secondary N) is 1. The number of hydrogen-bond acceptors (Lipinski definition) is 3. The van der Waals surface area contributed by atoms with Crippen LogP contribution in [0, 0.1) is 0 Å². The van der Waals surface area contributed by atoms with E-state index in [4.69, 9.17) is 0 Å². The summed E-state index contributed by atoms with van der Waals surface area (Å²) >= 11 is 1.86. The second-order valence-corrected chi connectivity index (χ2v) is 6.18. The van der Waals surface area contributed by atoms with Crippen molar-refractivity contribution in [1.82, 2.24) is 10.2 Å². The maximum Gasteiger partial charge on any atom is 0.0331 e. The molecule has 2 nitrogen and oxygen atoms in total. The molecule has 18 heavy (non-hydrogen) atoms. The first-order valence-electron chi connectivity index (χ1n) is 7.17. The molecule has 1 aromatic rings. The van der Waals surface area contributed by atoms with Gasteiger partial charge in [-0.25, -0.2) is 0 Å². The topological polar surface area (TPSA) is 15.3 Å². The first-order chi connectivity index (χ1) is 8.67. The minimum absolute atomic E-state index is 0.574. The van der Waals surface area contributed by atoms with E-state index in [1.54, 1.807) is 0 Å². The quantitative estimate of drug-likeness (QED) is 0.734. The van der Waals surface area contributed by atoms with Crippen LogP contribution in [0.15, 0.2) is 17.5 Å². The van der Waals surface area contributed by atoms with Crippen LogP contribution in [0.1, 0.15) is 45.4 Å². The third-order valence-electron chi connectivity index (χ3n) is 3.25. The normalized spacial score (nSPS) is 13.4. The van der Waals surface area contributed by atoms with Crippen LogP contribution in [0.2, 0.25) is 0 Å². The molecule has 0 aromatic carbocycles. The fourth-order valence-corrected chi connectivity index (χ4v) is 2.95. The first kappa shape index (κ1) is 15.7. The molecular weight excluding hydrogens is 240 g/mol. The molecule has 3 heteroatoms. The lowest BCUT2D eigenvalue weighted by Gasteiger charge is -2.31. The largest absolute Gasteiger partial charge is 0.313 e. The summed E-state index contributed by atoms with van der Waals surface area (Å²) in [5.74, 6) is 0. The molecule has 0 aliphatic rings. The van der Waals surface area contributed by atoms with Gasteiger partial charge < -0.3 is 5.32 Å². The Morgan fingerprint density at radius 1 is 1.33 bits per heavy atom. The van der Waals surface area contributed by atoms with E-state index in [0.717, 1.165) is 19.6 Å². The van der Waals surface area contributed by atoms with Crippen molar-refractivity contribution in [2.75, 3.05) is 13.1 Å². The van der Waals surface area contributed by atoms with Crippen molar-refractivity contribution in [3.8, 4) is 0 Å². The summed E-state index contributed by atoms with van der Waals surface area (Å²) in [5.41, 5.74) is 0. The smallest absolute Gasteiger partial charge is 0.0331 e. The van der Waals surface area contributed by atoms with Crippen LogP contribution >= 0.6 is 11.3 Å². The monoisotopic (exact) mass is 268 g/mol. The highest BCUT2D eigenvalue weighted by Crippen LogP contribution is 2.15. The SMILES string of the molecule is CCCC(CNC(C)C)N(CC)Cc1cccs1. The predicted molar refractivity (Wildman–Crippen MR) is 82.2 cm³/mol. The Morgan fingerprint density at radius 2 is 2.11 bits per heavy atom. The average molecular weight is 268 g/mol. The molecule has 0 fully saturated rings. The molecule has 0 bridgehead atoms. The summed E-state index contributed by atoms with van der Waals surface area (Å²) in [6, 6.07) is 5.62. The van der Waals surface area contributed by atoms with E-state index < -0.39 is 0 Å². The number of hydrogen-bond donors (Lipinski definition) is 1. The highest BCUT2D eigenvalue weighted by atomic mass is 32.1. The van der Waals surface area contributed by atoms with Gasteiger partial charge in [0.2, 0.25) is 0 Å². The summed E-state index contributed by atoms with van der Waals surface area (Å²) in [7, 11) is 0. The van der Waals surface area contributed by atoms with Crippen molar-refractivity contribution in [3.63, 3.8) is 0 Å². The van der Waals surface area contributed by atoms with Gasteiger partial charge in [0.25, 0.3) is 0 Å². The van der Waals surface area contributed by atoms with Gasteiger partial charge in [0.1, 0.15) is 0 Å². The summed E-state index contributed by atoms with van der Waals surface area (Å²) in [5, 5.41) is 5.76. The Labute approximate surface area is 116 Å². The van der Waals surface area contributed by atoms with Crippen LogP contribution < -0.4 is 5.32 Å². The zero-order valence-electron chi connectivity index (χ0n) is 12.3. The van der Waals surface area contributed by atoms with Crippen molar-refractivity contribution in [2.24, 2.45) is 0 Å². The average Bonchev–Trinajstić information content (AvgIpc) is 2.84. The fourth-order valence-electron chi connectivity index (χ4n) is 2.22. The second-order valence-electron chi connectivity index (χ2n) is 5.15. The van der Waals surface area contributed by atoms with Crippen molar-refractivity contribution in [3.05, 3.63) is 22.4 Å². The van der Waals surface area contributed by atoms with Gasteiger partial charge in [-0.15, -0.1) is 11.3 Å². The first-order valence-corrected chi connectivity index (χ1v) is 8.05. The van der Waals surface area contributed by atoms with Crippen LogP contribution in [-0.4, -0.2) is 30.1 Å². The molecule has 0 spiro atoms. The number of likely N-dealkylation sites (N-methyl/N-ethyl adjacent to an activating group) is 1. The van der Waals surface area contributed by atoms with Gasteiger partial charge in [0.05, 0.1) is 0 Å². The van der Waals surface area contributed by atoms with Gasteiger partial charge in [0.15, 0.2) is 0 Å². The van der Waals surface area contributed by atoms with Crippen LogP contribution in [0.25, 0.3) is 0 Å². The molecule has 1 heterocycles. The van der Waals surface area contributed by atoms with Crippen molar-refractivity contribution in [1.29, 1.82) is 0 Å². The van der Waals surface area contributed by atoms with Gasteiger partial charge >= 0.3 is 0 Å². The van der Waals surface area contributed by atoms with E-state index in [2.05, 4.69) is 55.4 Å². The second kappa shape index (κ2) is 8.68. The van der Waals surface area contributed by atoms with Crippen LogP contribution in [-0.2, 0) is 6.54 Å². The Balaban J connectivity index is 2.55. The van der Waals surface area contributed by atoms with Gasteiger partial charge in [-0.2, -0.15) is 0 Å². The van der Waals surface area contributed by atoms with Gasteiger partial charge in [-0.3, -0.25) is 4.90 Å². The van der Waals surface area contributed by atoms with Crippen molar-refractivity contribution < 1.29 is 0 Å². The molecule has 0 saturated carbocycles. The Hall–Kier alpha value is -0.380. The summed E-state index contributed by atoms with van der Waals surface area (Å²) < 4.78 is 0. The summed E-state index contributed by atoms with van der Waals surface area (Å²) in [6.45, 7) is 12.3. The third-order valence-corrected chi connectivity index (χ3v) is 4.11. The lowest BCUT2D eigenvalue weighted by atomic mass is 10.1. The molecule has 0 aliphatic heterocycles. The van der Waals surface area contributed by atoms with E-state index >= 15 is 0 Å². The van der Waals surface area contributed by atoms with E-state index in [1.165, 1.54) is 17.7 Å². The zero-order chi connectivity index (χ0) is 13.4. The van der Waals surface area contributed by atoms with Crippen LogP contribution in [0.3, 0.4) is 0 Å². The summed E-state index contributed by atoms with van der Waals surface area (Å²) in [4.78, 5) is 4.08. The Morgan fingerprint density at radius 3 is 2.61 bits per heavy atom. The van der Waals surface area contributed by atoms with E-state index in [0.29, 0.717) is 12.1 Å². The molecule has 0 saturated heterocycles. The van der Waals surface area contributed by atoms with E-state index in [-0.39, 0.29) is 0 Å². The van der Waals surface area contributed by atoms with Gasteiger partial charge in [0, 0.05) is 30.1 Å². The van der Waals surface area contributed by atoms with Crippen molar-refractivity contribution in [2.45, 2.75) is 59.2 Å². The van der Waals surface area contributed by atoms with Crippen molar-refractivity contribution >= 4 is 11.3 Å². The molecule has 1 aromatic heterocycles.